The summed E-state index contributed by atoms with van der Waals surface area (Å²) in [6.45, 7) is 7.15. The van der Waals surface area contributed by atoms with Crippen LogP contribution in [0.1, 0.15) is 69.9 Å². The molecule has 1 heterocycles. The Morgan fingerprint density at radius 2 is 1.76 bits per heavy atom. The first-order chi connectivity index (χ1) is 9.85. The molecule has 0 spiro atoms. The zero-order chi connectivity index (χ0) is 14.9. The fourth-order valence-corrected chi connectivity index (χ4v) is 7.22. The number of furan rings is 1. The van der Waals surface area contributed by atoms with E-state index in [1.165, 1.54) is 38.5 Å². The Kier molecular flexibility index (Phi) is 2.75. The highest BCUT2D eigenvalue weighted by Gasteiger charge is 2.62. The van der Waals surface area contributed by atoms with Gasteiger partial charge in [-0.3, -0.25) is 0 Å². The highest BCUT2D eigenvalue weighted by atomic mass is 16.3. The molecular weight excluding hydrogens is 258 g/mol. The van der Waals surface area contributed by atoms with Gasteiger partial charge in [0.15, 0.2) is 0 Å². The predicted octanol–water partition coefficient (Wildman–Crippen LogP) is 4.85. The van der Waals surface area contributed by atoms with Gasteiger partial charge in [-0.15, -0.1) is 0 Å². The lowest BCUT2D eigenvalue weighted by atomic mass is 9.39. The van der Waals surface area contributed by atoms with Gasteiger partial charge in [-0.25, -0.2) is 0 Å². The van der Waals surface area contributed by atoms with Crippen molar-refractivity contribution in [3.8, 4) is 0 Å². The Morgan fingerprint density at radius 3 is 2.24 bits per heavy atom. The third kappa shape index (κ3) is 2.02. The van der Waals surface area contributed by atoms with Crippen LogP contribution in [0.3, 0.4) is 0 Å². The molecule has 0 saturated heterocycles. The molecule has 0 aliphatic heterocycles. The highest BCUT2D eigenvalue weighted by Crippen LogP contribution is 2.72. The van der Waals surface area contributed by atoms with Gasteiger partial charge in [-0.2, -0.15) is 0 Å². The average molecular weight is 287 g/mol. The van der Waals surface area contributed by atoms with Gasteiger partial charge in [0.05, 0.1) is 6.04 Å². The van der Waals surface area contributed by atoms with Crippen molar-refractivity contribution >= 4 is 0 Å². The van der Waals surface area contributed by atoms with E-state index >= 15 is 0 Å². The zero-order valence-electron chi connectivity index (χ0n) is 14.0. The SMILES string of the molecule is CNC(c1ccc(C)o1)C12CC3CC(C)(CC(C)(C3)C1)C2. The molecule has 4 aliphatic carbocycles. The molecular formula is C19H29NO. The molecule has 4 fully saturated rings. The van der Waals surface area contributed by atoms with Crippen LogP contribution in [-0.2, 0) is 0 Å². The van der Waals surface area contributed by atoms with Crippen molar-refractivity contribution in [1.29, 1.82) is 0 Å². The number of nitrogens with one attached hydrogen (secondary N) is 1. The van der Waals surface area contributed by atoms with Crippen LogP contribution in [0, 0.1) is 29.1 Å². The van der Waals surface area contributed by atoms with Crippen LogP contribution in [0.4, 0.5) is 0 Å². The fraction of sp³-hybridized carbons (Fsp3) is 0.789. The molecule has 2 heteroatoms. The van der Waals surface area contributed by atoms with E-state index in [-0.39, 0.29) is 0 Å². The summed E-state index contributed by atoms with van der Waals surface area (Å²) in [7, 11) is 2.12. The van der Waals surface area contributed by atoms with Crippen LogP contribution in [-0.4, -0.2) is 7.05 Å². The van der Waals surface area contributed by atoms with Crippen molar-refractivity contribution in [2.75, 3.05) is 7.05 Å². The molecule has 1 N–H and O–H groups in total. The molecule has 0 aromatic carbocycles. The van der Waals surface area contributed by atoms with Gasteiger partial charge >= 0.3 is 0 Å². The van der Waals surface area contributed by atoms with Crippen LogP contribution in [0.15, 0.2) is 16.5 Å². The maximum absolute atomic E-state index is 6.03. The lowest BCUT2D eigenvalue weighted by molar-refractivity contribution is -0.160. The molecule has 1 aromatic heterocycles. The minimum absolute atomic E-state index is 0.383. The molecule has 4 bridgehead atoms. The summed E-state index contributed by atoms with van der Waals surface area (Å²) in [6.07, 6.45) is 8.49. The van der Waals surface area contributed by atoms with E-state index in [0.29, 0.717) is 22.3 Å². The van der Waals surface area contributed by atoms with Crippen LogP contribution >= 0.6 is 0 Å². The van der Waals surface area contributed by atoms with Crippen LogP contribution in [0.2, 0.25) is 0 Å². The quantitative estimate of drug-likeness (QED) is 0.860. The van der Waals surface area contributed by atoms with E-state index in [1.807, 2.05) is 0 Å². The first kappa shape index (κ1) is 13.9. The summed E-state index contributed by atoms with van der Waals surface area (Å²) in [5, 5.41) is 3.63. The molecule has 2 nitrogen and oxygen atoms in total. The maximum atomic E-state index is 6.03. The van der Waals surface area contributed by atoms with Gasteiger partial charge in [-0.05, 0) is 86.8 Å². The van der Waals surface area contributed by atoms with Gasteiger partial charge in [0.2, 0.25) is 0 Å². The van der Waals surface area contributed by atoms with Crippen molar-refractivity contribution in [3.63, 3.8) is 0 Å². The van der Waals surface area contributed by atoms with Crippen LogP contribution < -0.4 is 5.32 Å². The van der Waals surface area contributed by atoms with Crippen LogP contribution in [0.25, 0.3) is 0 Å². The Hall–Kier alpha value is -0.760. The summed E-state index contributed by atoms with van der Waals surface area (Å²) >= 11 is 0. The minimum atomic E-state index is 0.383. The topological polar surface area (TPSA) is 25.2 Å². The average Bonchev–Trinajstić information content (AvgIpc) is 2.71. The van der Waals surface area contributed by atoms with E-state index < -0.39 is 0 Å². The second-order valence-electron chi connectivity index (χ2n) is 9.16. The summed E-state index contributed by atoms with van der Waals surface area (Å²) in [6, 6.07) is 4.69. The van der Waals surface area contributed by atoms with Crippen molar-refractivity contribution in [2.45, 2.75) is 65.3 Å². The molecule has 4 aliphatic rings. The lowest BCUT2D eigenvalue weighted by Crippen LogP contribution is -2.58. The van der Waals surface area contributed by atoms with Gasteiger partial charge < -0.3 is 9.73 Å². The second kappa shape index (κ2) is 4.16. The van der Waals surface area contributed by atoms with Crippen molar-refractivity contribution in [2.24, 2.45) is 22.2 Å². The zero-order valence-corrected chi connectivity index (χ0v) is 14.0. The van der Waals surface area contributed by atoms with Crippen molar-refractivity contribution in [3.05, 3.63) is 23.7 Å². The Labute approximate surface area is 128 Å². The molecule has 3 atom stereocenters. The minimum Gasteiger partial charge on any atom is -0.465 e. The molecule has 4 saturated carbocycles. The summed E-state index contributed by atoms with van der Waals surface area (Å²) < 4.78 is 6.03. The van der Waals surface area contributed by atoms with E-state index in [9.17, 15) is 0 Å². The molecule has 1 aromatic rings. The molecule has 21 heavy (non-hydrogen) atoms. The van der Waals surface area contributed by atoms with Crippen molar-refractivity contribution < 1.29 is 4.42 Å². The Bertz CT molecular complexity index is 542. The number of hydrogen-bond acceptors (Lipinski definition) is 2. The summed E-state index contributed by atoms with van der Waals surface area (Å²) in [4.78, 5) is 0. The lowest BCUT2D eigenvalue weighted by Gasteiger charge is -2.67. The molecule has 116 valence electrons. The summed E-state index contributed by atoms with van der Waals surface area (Å²) in [5.41, 5.74) is 1.53. The third-order valence-electron chi connectivity index (χ3n) is 6.62. The number of rotatable bonds is 3. The molecule has 3 unspecified atom stereocenters. The van der Waals surface area contributed by atoms with E-state index in [0.717, 1.165) is 17.4 Å². The van der Waals surface area contributed by atoms with Gasteiger partial charge in [-0.1, -0.05) is 13.8 Å². The highest BCUT2D eigenvalue weighted by molar-refractivity contribution is 5.20. The first-order valence-corrected chi connectivity index (χ1v) is 8.59. The number of hydrogen-bond donors (Lipinski definition) is 1. The first-order valence-electron chi connectivity index (χ1n) is 8.59. The second-order valence-corrected chi connectivity index (χ2v) is 9.16. The monoisotopic (exact) mass is 287 g/mol. The Morgan fingerprint density at radius 1 is 1.10 bits per heavy atom. The molecule has 0 radical (unpaired) electrons. The summed E-state index contributed by atoms with van der Waals surface area (Å²) in [5.74, 6) is 3.12. The standard InChI is InChI=1S/C19H29NO/c1-13-5-6-15(21-13)16(20-4)19-9-14-7-17(2,11-19)10-18(3,8-14)12-19/h5-6,14,16,20H,7-12H2,1-4H3. The van der Waals surface area contributed by atoms with Crippen molar-refractivity contribution in [1.82, 2.24) is 5.32 Å². The maximum Gasteiger partial charge on any atom is 0.121 e. The van der Waals surface area contributed by atoms with Gasteiger partial charge in [0, 0.05) is 0 Å². The van der Waals surface area contributed by atoms with Crippen LogP contribution in [0.5, 0.6) is 0 Å². The third-order valence-corrected chi connectivity index (χ3v) is 6.62. The molecule has 0 amide bonds. The largest absolute Gasteiger partial charge is 0.465 e. The van der Waals surface area contributed by atoms with Gasteiger partial charge in [0.25, 0.3) is 0 Å². The molecule has 5 rings (SSSR count). The normalized spacial score (nSPS) is 46.0. The van der Waals surface area contributed by atoms with Gasteiger partial charge in [0.1, 0.15) is 11.5 Å². The number of aryl methyl sites for hydroxylation is 1. The van der Waals surface area contributed by atoms with E-state index in [4.69, 9.17) is 4.42 Å². The smallest absolute Gasteiger partial charge is 0.121 e. The fourth-order valence-electron chi connectivity index (χ4n) is 7.22. The Balaban J connectivity index is 1.75. The van der Waals surface area contributed by atoms with E-state index in [2.05, 4.69) is 45.3 Å². The van der Waals surface area contributed by atoms with E-state index in [1.54, 1.807) is 0 Å². The predicted molar refractivity (Wildman–Crippen MR) is 85.1 cm³/mol.